The predicted octanol–water partition coefficient (Wildman–Crippen LogP) is 3.78. The average Bonchev–Trinajstić information content (AvgIpc) is 2.65. The summed E-state index contributed by atoms with van der Waals surface area (Å²) in [5, 5.41) is 1.72. The van der Waals surface area contributed by atoms with E-state index in [-0.39, 0.29) is 17.1 Å². The Balaban J connectivity index is 2.32. The summed E-state index contributed by atoms with van der Waals surface area (Å²) in [4.78, 5) is 12.4. The number of benzene rings is 2. The summed E-state index contributed by atoms with van der Waals surface area (Å²) in [5.74, 6) is -0.346. The summed E-state index contributed by atoms with van der Waals surface area (Å²) in [6, 6.07) is 7.12. The lowest BCUT2D eigenvalue weighted by atomic mass is 10.2. The summed E-state index contributed by atoms with van der Waals surface area (Å²) in [5.41, 5.74) is -1.26. The first kappa shape index (κ1) is 23.6. The van der Waals surface area contributed by atoms with Gasteiger partial charge in [0.25, 0.3) is 0 Å². The number of carbonyl (C=O) groups excluding carboxylic acids is 1. The van der Waals surface area contributed by atoms with E-state index in [2.05, 4.69) is 5.32 Å². The number of hydrogen-bond donors (Lipinski definition) is 1. The molecule has 0 atom stereocenters. The Kier molecular flexibility index (Phi) is 7.09. The summed E-state index contributed by atoms with van der Waals surface area (Å²) in [6.07, 6.45) is -3.83. The minimum Gasteiger partial charge on any atom is -0.497 e. The second-order valence-electron chi connectivity index (χ2n) is 6.05. The van der Waals surface area contributed by atoms with Crippen LogP contribution in [0, 0.1) is 0 Å². The molecule has 0 saturated heterocycles. The summed E-state index contributed by atoms with van der Waals surface area (Å²) in [7, 11) is -1.22. The van der Waals surface area contributed by atoms with E-state index in [1.165, 1.54) is 38.5 Å². The second-order valence-corrected chi connectivity index (χ2v) is 8.36. The van der Waals surface area contributed by atoms with Gasteiger partial charge in [-0.15, -0.1) is 0 Å². The van der Waals surface area contributed by atoms with Crippen molar-refractivity contribution in [1.29, 1.82) is 0 Å². The highest BCUT2D eigenvalue weighted by Gasteiger charge is 2.33. The van der Waals surface area contributed by atoms with E-state index in [1.807, 2.05) is 0 Å². The molecule has 0 saturated carbocycles. The number of carbonyl (C=O) groups is 1. The normalized spacial score (nSPS) is 11.7. The number of anilines is 2. The van der Waals surface area contributed by atoms with Gasteiger partial charge in [0.05, 0.1) is 36.7 Å². The Hall–Kier alpha value is -2.66. The summed E-state index contributed by atoms with van der Waals surface area (Å²) < 4.78 is 74.5. The highest BCUT2D eigenvalue weighted by atomic mass is 35.5. The molecule has 164 valence electrons. The standard InChI is InChI=1S/C18H18ClF3N2O5S/c1-28-12-5-7-15(16(9-12)29-2)24(30(3,26)27)10-17(25)23-11-4-6-14(19)13(8-11)18(20,21)22/h4-9H,10H2,1-3H3,(H,23,25). The number of rotatable bonds is 7. The van der Waals surface area contributed by atoms with Crippen LogP contribution in [0.3, 0.4) is 0 Å². The molecule has 2 aromatic carbocycles. The molecule has 2 aromatic rings. The average molecular weight is 467 g/mol. The van der Waals surface area contributed by atoms with Crippen molar-refractivity contribution >= 4 is 38.9 Å². The zero-order valence-electron chi connectivity index (χ0n) is 16.1. The third kappa shape index (κ3) is 5.70. The van der Waals surface area contributed by atoms with Crippen LogP contribution in [0.5, 0.6) is 11.5 Å². The lowest BCUT2D eigenvalue weighted by Crippen LogP contribution is -2.37. The number of hydrogen-bond acceptors (Lipinski definition) is 5. The Bertz CT molecular complexity index is 1040. The van der Waals surface area contributed by atoms with Crippen molar-refractivity contribution < 1.29 is 35.9 Å². The molecule has 0 radical (unpaired) electrons. The lowest BCUT2D eigenvalue weighted by molar-refractivity contribution is -0.137. The van der Waals surface area contributed by atoms with E-state index in [4.69, 9.17) is 21.1 Å². The Labute approximate surface area is 176 Å². The van der Waals surface area contributed by atoms with Crippen LogP contribution in [0.2, 0.25) is 5.02 Å². The molecular weight excluding hydrogens is 449 g/mol. The lowest BCUT2D eigenvalue weighted by Gasteiger charge is -2.24. The maximum atomic E-state index is 13.0. The van der Waals surface area contributed by atoms with Crippen LogP contribution < -0.4 is 19.1 Å². The number of sulfonamides is 1. The monoisotopic (exact) mass is 466 g/mol. The number of nitrogens with one attached hydrogen (secondary N) is 1. The fourth-order valence-corrected chi connectivity index (χ4v) is 3.61. The molecule has 0 fully saturated rings. The number of nitrogens with zero attached hydrogens (tertiary/aromatic N) is 1. The van der Waals surface area contributed by atoms with Crippen molar-refractivity contribution in [3.8, 4) is 11.5 Å². The fourth-order valence-electron chi connectivity index (χ4n) is 2.52. The van der Waals surface area contributed by atoms with Crippen LogP contribution in [0.4, 0.5) is 24.5 Å². The number of halogens is 4. The predicted molar refractivity (Wildman–Crippen MR) is 107 cm³/mol. The van der Waals surface area contributed by atoms with Crippen LogP contribution in [0.15, 0.2) is 36.4 Å². The SMILES string of the molecule is COc1ccc(N(CC(=O)Nc2ccc(Cl)c(C(F)(F)F)c2)S(C)(=O)=O)c(OC)c1. The van der Waals surface area contributed by atoms with Crippen molar-refractivity contribution in [3.05, 3.63) is 47.0 Å². The van der Waals surface area contributed by atoms with Crippen LogP contribution in [-0.4, -0.2) is 41.3 Å². The molecule has 7 nitrogen and oxygen atoms in total. The van der Waals surface area contributed by atoms with Crippen LogP contribution in [0.1, 0.15) is 5.56 Å². The van der Waals surface area contributed by atoms with Crippen molar-refractivity contribution in [2.24, 2.45) is 0 Å². The molecule has 0 aliphatic heterocycles. The molecule has 0 aromatic heterocycles. The van der Waals surface area contributed by atoms with Gasteiger partial charge in [0, 0.05) is 11.8 Å². The van der Waals surface area contributed by atoms with E-state index in [1.54, 1.807) is 0 Å². The van der Waals surface area contributed by atoms with E-state index in [9.17, 15) is 26.4 Å². The van der Waals surface area contributed by atoms with Gasteiger partial charge >= 0.3 is 6.18 Å². The Morgan fingerprint density at radius 3 is 2.33 bits per heavy atom. The quantitative estimate of drug-likeness (QED) is 0.671. The molecule has 2 rings (SSSR count). The van der Waals surface area contributed by atoms with Crippen molar-refractivity contribution in [2.45, 2.75) is 6.18 Å². The van der Waals surface area contributed by atoms with Gasteiger partial charge in [-0.05, 0) is 30.3 Å². The number of methoxy groups -OCH3 is 2. The van der Waals surface area contributed by atoms with Gasteiger partial charge in [-0.2, -0.15) is 13.2 Å². The summed E-state index contributed by atoms with van der Waals surface area (Å²) in [6.45, 7) is -0.703. The van der Waals surface area contributed by atoms with Crippen LogP contribution >= 0.6 is 11.6 Å². The highest BCUT2D eigenvalue weighted by molar-refractivity contribution is 7.92. The van der Waals surface area contributed by atoms with Crippen LogP contribution in [-0.2, 0) is 21.0 Å². The smallest absolute Gasteiger partial charge is 0.417 e. The maximum absolute atomic E-state index is 13.0. The van der Waals surface area contributed by atoms with Gasteiger partial charge in [0.2, 0.25) is 15.9 Å². The Morgan fingerprint density at radius 2 is 1.80 bits per heavy atom. The second kappa shape index (κ2) is 9.00. The van der Waals surface area contributed by atoms with Crippen molar-refractivity contribution in [1.82, 2.24) is 0 Å². The van der Waals surface area contributed by atoms with Gasteiger partial charge in [-0.3, -0.25) is 9.10 Å². The Morgan fingerprint density at radius 1 is 1.13 bits per heavy atom. The minimum atomic E-state index is -4.72. The van der Waals surface area contributed by atoms with Gasteiger partial charge in [0.15, 0.2) is 0 Å². The van der Waals surface area contributed by atoms with Crippen molar-refractivity contribution in [3.63, 3.8) is 0 Å². The summed E-state index contributed by atoms with van der Waals surface area (Å²) >= 11 is 5.56. The van der Waals surface area contributed by atoms with Gasteiger partial charge in [0.1, 0.15) is 18.0 Å². The third-order valence-electron chi connectivity index (χ3n) is 3.90. The van der Waals surface area contributed by atoms with Crippen molar-refractivity contribution in [2.75, 3.05) is 36.6 Å². The molecule has 0 heterocycles. The maximum Gasteiger partial charge on any atom is 0.417 e. The molecule has 0 aliphatic carbocycles. The molecule has 0 spiro atoms. The first-order valence-corrected chi connectivity index (χ1v) is 10.5. The van der Waals surface area contributed by atoms with Crippen LogP contribution in [0.25, 0.3) is 0 Å². The fraction of sp³-hybridized carbons (Fsp3) is 0.278. The zero-order valence-corrected chi connectivity index (χ0v) is 17.7. The number of ether oxygens (including phenoxy) is 2. The zero-order chi connectivity index (χ0) is 22.7. The first-order chi connectivity index (χ1) is 13.9. The molecular formula is C18H18ClF3N2O5S. The molecule has 1 amide bonds. The van der Waals surface area contributed by atoms with E-state index in [0.29, 0.717) is 11.8 Å². The van der Waals surface area contributed by atoms with E-state index >= 15 is 0 Å². The molecule has 1 N–H and O–H groups in total. The van der Waals surface area contributed by atoms with Gasteiger partial charge in [-0.25, -0.2) is 8.42 Å². The molecule has 0 unspecified atom stereocenters. The molecule has 0 aliphatic rings. The highest BCUT2D eigenvalue weighted by Crippen LogP contribution is 2.36. The molecule has 0 bridgehead atoms. The van der Waals surface area contributed by atoms with Gasteiger partial charge in [-0.1, -0.05) is 11.6 Å². The first-order valence-electron chi connectivity index (χ1n) is 8.23. The molecule has 30 heavy (non-hydrogen) atoms. The minimum absolute atomic E-state index is 0.0584. The number of alkyl halides is 3. The van der Waals surface area contributed by atoms with E-state index in [0.717, 1.165) is 16.6 Å². The largest absolute Gasteiger partial charge is 0.497 e. The topological polar surface area (TPSA) is 84.9 Å². The molecule has 12 heteroatoms. The van der Waals surface area contributed by atoms with E-state index < -0.39 is 39.2 Å². The third-order valence-corrected chi connectivity index (χ3v) is 5.35. The van der Waals surface area contributed by atoms with Gasteiger partial charge < -0.3 is 14.8 Å². The number of amides is 1.